The molecule has 7 nitrogen and oxygen atoms in total. The monoisotopic (exact) mass is 547 g/mol. The Kier molecular flexibility index (Phi) is 8.97. The molecule has 0 N–H and O–H groups in total. The molecule has 0 aliphatic carbocycles. The van der Waals surface area contributed by atoms with Gasteiger partial charge in [-0.2, -0.15) is 0 Å². The zero-order valence-electron chi connectivity index (χ0n) is 24.0. The molecule has 1 atom stereocenters. The molecule has 0 saturated heterocycles. The van der Waals surface area contributed by atoms with E-state index in [1.54, 1.807) is 19.4 Å². The first-order chi connectivity index (χ1) is 18.6. The van der Waals surface area contributed by atoms with E-state index in [4.69, 9.17) is 13.9 Å². The van der Waals surface area contributed by atoms with E-state index in [0.29, 0.717) is 25.5 Å². The Morgan fingerprint density at radius 1 is 1.05 bits per heavy atom. The Labute approximate surface area is 232 Å². The summed E-state index contributed by atoms with van der Waals surface area (Å²) >= 11 is 0. The van der Waals surface area contributed by atoms with Crippen molar-refractivity contribution in [2.24, 2.45) is 0 Å². The molecular formula is C31H41N3O4Si. The van der Waals surface area contributed by atoms with Crippen molar-refractivity contribution in [3.05, 3.63) is 79.1 Å². The molecule has 2 heterocycles. The number of ether oxygens (including phenoxy) is 2. The maximum absolute atomic E-state index is 12.1. The molecule has 0 aliphatic heterocycles. The standard InChI is InChI=1S/C31H41N3O4Si/c1-7-36-30(35)27-22-33(23-32-27)21-26(38-39(5,6)31(2,3)4)15-12-18-37-29-20-25-14-9-8-13-24(25)19-28(29)34-16-10-11-17-34/h8-11,13-14,16-17,19-20,22-23,26H,7,12,15,18,21H2,1-6H3/t26-/m0/s1. The van der Waals surface area contributed by atoms with Crippen LogP contribution in [-0.2, 0) is 15.7 Å². The van der Waals surface area contributed by atoms with Gasteiger partial charge < -0.3 is 23.0 Å². The smallest absolute Gasteiger partial charge is 0.358 e. The Bertz CT molecular complexity index is 1370. The van der Waals surface area contributed by atoms with Crippen LogP contribution < -0.4 is 4.74 Å². The van der Waals surface area contributed by atoms with E-state index in [1.165, 1.54) is 5.39 Å². The van der Waals surface area contributed by atoms with Gasteiger partial charge in [0.15, 0.2) is 14.0 Å². The van der Waals surface area contributed by atoms with Gasteiger partial charge in [-0.25, -0.2) is 9.78 Å². The molecular weight excluding hydrogens is 506 g/mol. The number of hydrogen-bond acceptors (Lipinski definition) is 5. The lowest BCUT2D eigenvalue weighted by atomic mass is 10.1. The molecule has 0 fully saturated rings. The first kappa shape index (κ1) is 28.6. The van der Waals surface area contributed by atoms with Crippen molar-refractivity contribution in [2.75, 3.05) is 13.2 Å². The van der Waals surface area contributed by atoms with Crippen LogP contribution in [-0.4, -0.2) is 47.7 Å². The summed E-state index contributed by atoms with van der Waals surface area (Å²) in [5.74, 6) is 0.459. The summed E-state index contributed by atoms with van der Waals surface area (Å²) in [5.41, 5.74) is 1.35. The second kappa shape index (κ2) is 12.2. The molecule has 0 amide bonds. The first-order valence-corrected chi connectivity index (χ1v) is 16.6. The van der Waals surface area contributed by atoms with E-state index in [0.717, 1.165) is 29.7 Å². The third-order valence-electron chi connectivity index (χ3n) is 7.44. The maximum atomic E-state index is 12.1. The summed E-state index contributed by atoms with van der Waals surface area (Å²) < 4.78 is 22.3. The molecule has 39 heavy (non-hydrogen) atoms. The van der Waals surface area contributed by atoms with Gasteiger partial charge in [-0.15, -0.1) is 0 Å². The third kappa shape index (κ3) is 7.19. The Hall–Kier alpha value is -3.36. The quantitative estimate of drug-likeness (QED) is 0.106. The lowest BCUT2D eigenvalue weighted by Gasteiger charge is -2.39. The number of carbonyl (C=O) groups is 1. The van der Waals surface area contributed by atoms with E-state index in [-0.39, 0.29) is 11.1 Å². The number of hydrogen-bond donors (Lipinski definition) is 0. The van der Waals surface area contributed by atoms with Crippen LogP contribution in [0.25, 0.3) is 16.5 Å². The van der Waals surface area contributed by atoms with Crippen molar-refractivity contribution < 1.29 is 18.7 Å². The fourth-order valence-corrected chi connectivity index (χ4v) is 5.68. The number of rotatable bonds is 12. The van der Waals surface area contributed by atoms with Crippen molar-refractivity contribution in [3.63, 3.8) is 0 Å². The molecule has 0 bridgehead atoms. The van der Waals surface area contributed by atoms with Gasteiger partial charge in [-0.05, 0) is 72.9 Å². The summed E-state index contributed by atoms with van der Waals surface area (Å²) in [5, 5.41) is 2.42. The fraction of sp³-hybridized carbons (Fsp3) is 0.419. The molecule has 0 unspecified atom stereocenters. The number of nitrogens with zero attached hydrogens (tertiary/aromatic N) is 3. The van der Waals surface area contributed by atoms with Gasteiger partial charge in [-0.1, -0.05) is 45.0 Å². The lowest BCUT2D eigenvalue weighted by Crippen LogP contribution is -2.45. The predicted molar refractivity (Wildman–Crippen MR) is 158 cm³/mol. The highest BCUT2D eigenvalue weighted by atomic mass is 28.4. The number of imidazole rings is 1. The average Bonchev–Trinajstić information content (AvgIpc) is 3.58. The molecule has 0 saturated carbocycles. The second-order valence-electron chi connectivity index (χ2n) is 11.4. The number of fused-ring (bicyclic) bond motifs is 1. The van der Waals surface area contributed by atoms with Gasteiger partial charge in [0.1, 0.15) is 5.75 Å². The largest absolute Gasteiger partial charge is 0.491 e. The van der Waals surface area contributed by atoms with Crippen LogP contribution >= 0.6 is 0 Å². The average molecular weight is 548 g/mol. The van der Waals surface area contributed by atoms with Crippen molar-refractivity contribution >= 4 is 25.1 Å². The highest BCUT2D eigenvalue weighted by Gasteiger charge is 2.39. The fourth-order valence-electron chi connectivity index (χ4n) is 4.30. The second-order valence-corrected chi connectivity index (χ2v) is 16.2. The zero-order chi connectivity index (χ0) is 28.0. The summed E-state index contributed by atoms with van der Waals surface area (Å²) in [6, 6.07) is 16.7. The SMILES string of the molecule is CCOC(=O)c1cn(C[C@H](CCCOc2cc3ccccc3cc2-n2cccc2)O[Si](C)(C)C(C)(C)C)cn1. The lowest BCUT2D eigenvalue weighted by molar-refractivity contribution is 0.0519. The number of aromatic nitrogens is 3. The predicted octanol–water partition coefficient (Wildman–Crippen LogP) is 7.25. The Balaban J connectivity index is 1.46. The molecule has 4 aromatic rings. The Morgan fingerprint density at radius 3 is 2.41 bits per heavy atom. The van der Waals surface area contributed by atoms with Gasteiger partial charge in [0.2, 0.25) is 0 Å². The molecule has 208 valence electrons. The highest BCUT2D eigenvalue weighted by Crippen LogP contribution is 2.38. The summed E-state index contributed by atoms with van der Waals surface area (Å²) in [6.07, 6.45) is 9.13. The van der Waals surface area contributed by atoms with Crippen LogP contribution in [0.5, 0.6) is 5.75 Å². The van der Waals surface area contributed by atoms with Crippen LogP contribution in [0.3, 0.4) is 0 Å². The molecule has 2 aromatic carbocycles. The molecule has 8 heteroatoms. The van der Waals surface area contributed by atoms with E-state index in [9.17, 15) is 4.79 Å². The number of esters is 1. The minimum absolute atomic E-state index is 0.0285. The summed E-state index contributed by atoms with van der Waals surface area (Å²) in [4.78, 5) is 16.3. The van der Waals surface area contributed by atoms with Gasteiger partial charge >= 0.3 is 5.97 Å². The zero-order valence-corrected chi connectivity index (χ0v) is 25.0. The van der Waals surface area contributed by atoms with Crippen molar-refractivity contribution in [1.29, 1.82) is 0 Å². The van der Waals surface area contributed by atoms with Crippen LogP contribution in [0.2, 0.25) is 18.1 Å². The normalized spacial score (nSPS) is 13.0. The van der Waals surface area contributed by atoms with E-state index in [2.05, 4.69) is 73.7 Å². The molecule has 0 radical (unpaired) electrons. The minimum Gasteiger partial charge on any atom is -0.491 e. The van der Waals surface area contributed by atoms with Gasteiger partial charge in [0, 0.05) is 25.1 Å². The van der Waals surface area contributed by atoms with Crippen LogP contribution in [0.1, 0.15) is 51.0 Å². The Morgan fingerprint density at radius 2 is 1.74 bits per heavy atom. The molecule has 0 aliphatic rings. The van der Waals surface area contributed by atoms with Gasteiger partial charge in [0.05, 0.1) is 31.3 Å². The van der Waals surface area contributed by atoms with E-state index in [1.807, 2.05) is 35.2 Å². The van der Waals surface area contributed by atoms with Gasteiger partial charge in [0.25, 0.3) is 0 Å². The number of benzene rings is 2. The van der Waals surface area contributed by atoms with Gasteiger partial charge in [-0.3, -0.25) is 0 Å². The van der Waals surface area contributed by atoms with Crippen molar-refractivity contribution in [1.82, 2.24) is 14.1 Å². The number of carbonyl (C=O) groups excluding carboxylic acids is 1. The van der Waals surface area contributed by atoms with Crippen molar-refractivity contribution in [3.8, 4) is 11.4 Å². The third-order valence-corrected chi connectivity index (χ3v) is 12.0. The van der Waals surface area contributed by atoms with E-state index >= 15 is 0 Å². The van der Waals surface area contributed by atoms with E-state index < -0.39 is 14.3 Å². The van der Waals surface area contributed by atoms with Crippen LogP contribution in [0.4, 0.5) is 0 Å². The van der Waals surface area contributed by atoms with Crippen molar-refractivity contribution in [2.45, 2.75) is 71.3 Å². The first-order valence-electron chi connectivity index (χ1n) is 13.7. The summed E-state index contributed by atoms with van der Waals surface area (Å²) in [6.45, 7) is 14.6. The molecule has 0 spiro atoms. The topological polar surface area (TPSA) is 67.5 Å². The van der Waals surface area contributed by atoms with Crippen LogP contribution in [0, 0.1) is 0 Å². The molecule has 2 aromatic heterocycles. The summed E-state index contributed by atoms with van der Waals surface area (Å²) in [7, 11) is -2.02. The highest BCUT2D eigenvalue weighted by molar-refractivity contribution is 6.74. The van der Waals surface area contributed by atoms with Crippen LogP contribution in [0.15, 0.2) is 73.4 Å². The molecule has 4 rings (SSSR count). The minimum atomic E-state index is -2.02. The maximum Gasteiger partial charge on any atom is 0.358 e.